The van der Waals surface area contributed by atoms with Crippen LogP contribution < -0.4 is 0 Å². The fourth-order valence-electron chi connectivity index (χ4n) is 3.05. The van der Waals surface area contributed by atoms with Gasteiger partial charge in [0, 0.05) is 35.8 Å². The van der Waals surface area contributed by atoms with Crippen LogP contribution in [0.15, 0.2) is 18.3 Å². The Morgan fingerprint density at radius 1 is 1.24 bits per heavy atom. The molecule has 1 fully saturated rings. The molecule has 1 aliphatic rings. The molecule has 3 nitrogen and oxygen atoms in total. The molecule has 0 bridgehead atoms. The van der Waals surface area contributed by atoms with Crippen LogP contribution in [-0.4, -0.2) is 35.3 Å². The third-order valence-electron chi connectivity index (χ3n) is 4.22. The van der Waals surface area contributed by atoms with E-state index in [0.29, 0.717) is 5.92 Å². The highest BCUT2D eigenvalue weighted by atomic mass is 16.1. The molecule has 0 unspecified atom stereocenters. The molecule has 116 valence electrons. The SMILES string of the molecule is CC(C)CN1CCC(c2ccc(C(=O)C(C)C)cn2)CC1. The van der Waals surface area contributed by atoms with Gasteiger partial charge in [0.2, 0.25) is 0 Å². The van der Waals surface area contributed by atoms with Crippen LogP contribution in [0.1, 0.15) is 62.5 Å². The predicted octanol–water partition coefficient (Wildman–Crippen LogP) is 3.76. The average molecular weight is 288 g/mol. The molecule has 0 amide bonds. The Morgan fingerprint density at radius 2 is 1.90 bits per heavy atom. The van der Waals surface area contributed by atoms with E-state index >= 15 is 0 Å². The Labute approximate surface area is 128 Å². The molecule has 0 atom stereocenters. The number of carbonyl (C=O) groups excluding carboxylic acids is 1. The Hall–Kier alpha value is -1.22. The number of carbonyl (C=O) groups is 1. The standard InChI is InChI=1S/C18H28N2O/c1-13(2)12-20-9-7-15(8-10-20)17-6-5-16(11-19-17)18(21)14(3)4/h5-6,11,13-15H,7-10,12H2,1-4H3. The van der Waals surface area contributed by atoms with Crippen molar-refractivity contribution in [3.8, 4) is 0 Å². The van der Waals surface area contributed by atoms with Crippen molar-refractivity contribution in [2.45, 2.75) is 46.5 Å². The van der Waals surface area contributed by atoms with Crippen molar-refractivity contribution < 1.29 is 4.79 Å². The highest BCUT2D eigenvalue weighted by molar-refractivity contribution is 5.97. The Bertz CT molecular complexity index is 457. The van der Waals surface area contributed by atoms with Crippen LogP contribution in [0.25, 0.3) is 0 Å². The third-order valence-corrected chi connectivity index (χ3v) is 4.22. The number of ketones is 1. The van der Waals surface area contributed by atoms with Crippen LogP contribution in [0.3, 0.4) is 0 Å². The van der Waals surface area contributed by atoms with Gasteiger partial charge in [-0.1, -0.05) is 27.7 Å². The first-order chi connectivity index (χ1) is 9.97. The summed E-state index contributed by atoms with van der Waals surface area (Å²) in [5.74, 6) is 1.51. The lowest BCUT2D eigenvalue weighted by Gasteiger charge is -2.32. The Balaban J connectivity index is 1.93. The Morgan fingerprint density at radius 3 is 2.38 bits per heavy atom. The fourth-order valence-corrected chi connectivity index (χ4v) is 3.05. The minimum Gasteiger partial charge on any atom is -0.303 e. The zero-order valence-corrected chi connectivity index (χ0v) is 13.8. The summed E-state index contributed by atoms with van der Waals surface area (Å²) in [4.78, 5) is 19.0. The quantitative estimate of drug-likeness (QED) is 0.774. The van der Waals surface area contributed by atoms with Crippen molar-refractivity contribution in [2.75, 3.05) is 19.6 Å². The second-order valence-electron chi connectivity index (χ2n) is 6.96. The summed E-state index contributed by atoms with van der Waals surface area (Å²) in [6.07, 6.45) is 4.12. The molecule has 0 saturated carbocycles. The van der Waals surface area contributed by atoms with Gasteiger partial charge in [-0.3, -0.25) is 9.78 Å². The zero-order valence-electron chi connectivity index (χ0n) is 13.8. The maximum atomic E-state index is 11.9. The number of nitrogens with zero attached hydrogens (tertiary/aromatic N) is 2. The van der Waals surface area contributed by atoms with Gasteiger partial charge >= 0.3 is 0 Å². The number of pyridine rings is 1. The monoisotopic (exact) mass is 288 g/mol. The van der Waals surface area contributed by atoms with E-state index in [2.05, 4.69) is 29.8 Å². The second-order valence-corrected chi connectivity index (χ2v) is 6.96. The molecule has 0 aromatic carbocycles. The van der Waals surface area contributed by atoms with Crippen molar-refractivity contribution in [3.63, 3.8) is 0 Å². The summed E-state index contributed by atoms with van der Waals surface area (Å²) in [6.45, 7) is 11.9. The summed E-state index contributed by atoms with van der Waals surface area (Å²) in [5.41, 5.74) is 1.89. The molecule has 0 aliphatic carbocycles. The van der Waals surface area contributed by atoms with Crippen molar-refractivity contribution in [3.05, 3.63) is 29.6 Å². The molecule has 1 aromatic heterocycles. The van der Waals surface area contributed by atoms with E-state index in [4.69, 9.17) is 0 Å². The fraction of sp³-hybridized carbons (Fsp3) is 0.667. The van der Waals surface area contributed by atoms with E-state index in [1.165, 1.54) is 19.4 Å². The lowest BCUT2D eigenvalue weighted by atomic mass is 9.92. The lowest BCUT2D eigenvalue weighted by molar-refractivity contribution is 0.0939. The number of likely N-dealkylation sites (tertiary alicyclic amines) is 1. The molecule has 0 radical (unpaired) electrons. The van der Waals surface area contributed by atoms with Crippen molar-refractivity contribution >= 4 is 5.78 Å². The molecule has 21 heavy (non-hydrogen) atoms. The van der Waals surface area contributed by atoms with Crippen molar-refractivity contribution in [1.82, 2.24) is 9.88 Å². The number of rotatable bonds is 5. The number of hydrogen-bond acceptors (Lipinski definition) is 3. The topological polar surface area (TPSA) is 33.2 Å². The van der Waals surface area contributed by atoms with Gasteiger partial charge < -0.3 is 4.90 Å². The maximum absolute atomic E-state index is 11.9. The largest absolute Gasteiger partial charge is 0.303 e. The predicted molar refractivity (Wildman–Crippen MR) is 86.7 cm³/mol. The number of aromatic nitrogens is 1. The van der Waals surface area contributed by atoms with Crippen LogP contribution >= 0.6 is 0 Å². The van der Waals surface area contributed by atoms with Gasteiger partial charge in [-0.25, -0.2) is 0 Å². The maximum Gasteiger partial charge on any atom is 0.166 e. The van der Waals surface area contributed by atoms with Crippen LogP contribution in [-0.2, 0) is 0 Å². The van der Waals surface area contributed by atoms with E-state index < -0.39 is 0 Å². The minimum absolute atomic E-state index is 0.0388. The van der Waals surface area contributed by atoms with Crippen molar-refractivity contribution in [1.29, 1.82) is 0 Å². The van der Waals surface area contributed by atoms with E-state index in [1.54, 1.807) is 6.20 Å². The number of hydrogen-bond donors (Lipinski definition) is 0. The van der Waals surface area contributed by atoms with Crippen LogP contribution in [0.5, 0.6) is 0 Å². The molecule has 1 aromatic rings. The minimum atomic E-state index is 0.0388. The molecule has 3 heteroatoms. The molecule has 1 aliphatic heterocycles. The number of Topliss-reactive ketones (excluding diaryl/α,β-unsaturated/α-hetero) is 1. The van der Waals surface area contributed by atoms with Gasteiger partial charge in [-0.05, 0) is 44.0 Å². The molecule has 0 spiro atoms. The summed E-state index contributed by atoms with van der Waals surface area (Å²) in [5, 5.41) is 0. The number of piperidine rings is 1. The summed E-state index contributed by atoms with van der Waals surface area (Å²) in [6, 6.07) is 4.00. The summed E-state index contributed by atoms with van der Waals surface area (Å²) >= 11 is 0. The van der Waals surface area contributed by atoms with Gasteiger partial charge in [0.1, 0.15) is 0 Å². The molecular formula is C18H28N2O. The highest BCUT2D eigenvalue weighted by Gasteiger charge is 2.22. The molecule has 2 rings (SSSR count). The van der Waals surface area contributed by atoms with E-state index in [0.717, 1.165) is 30.3 Å². The van der Waals surface area contributed by atoms with Crippen LogP contribution in [0, 0.1) is 11.8 Å². The van der Waals surface area contributed by atoms with E-state index in [9.17, 15) is 4.79 Å². The average Bonchev–Trinajstić information content (AvgIpc) is 2.47. The molecule has 1 saturated heterocycles. The van der Waals surface area contributed by atoms with Gasteiger partial charge in [0.15, 0.2) is 5.78 Å². The van der Waals surface area contributed by atoms with Crippen molar-refractivity contribution in [2.24, 2.45) is 11.8 Å². The molecule has 2 heterocycles. The molecular weight excluding hydrogens is 260 g/mol. The van der Waals surface area contributed by atoms with E-state index in [-0.39, 0.29) is 11.7 Å². The first-order valence-electron chi connectivity index (χ1n) is 8.20. The summed E-state index contributed by atoms with van der Waals surface area (Å²) in [7, 11) is 0. The smallest absolute Gasteiger partial charge is 0.166 e. The van der Waals surface area contributed by atoms with Gasteiger partial charge in [0.05, 0.1) is 0 Å². The van der Waals surface area contributed by atoms with Gasteiger partial charge in [0.25, 0.3) is 0 Å². The first-order valence-corrected chi connectivity index (χ1v) is 8.20. The highest BCUT2D eigenvalue weighted by Crippen LogP contribution is 2.27. The second kappa shape index (κ2) is 7.17. The van der Waals surface area contributed by atoms with Gasteiger partial charge in [-0.15, -0.1) is 0 Å². The van der Waals surface area contributed by atoms with E-state index in [1.807, 2.05) is 19.9 Å². The van der Waals surface area contributed by atoms with Crippen LogP contribution in [0.4, 0.5) is 0 Å². The third kappa shape index (κ3) is 4.37. The summed E-state index contributed by atoms with van der Waals surface area (Å²) < 4.78 is 0. The normalized spacial score (nSPS) is 17.6. The molecule has 0 N–H and O–H groups in total. The zero-order chi connectivity index (χ0) is 15.4. The van der Waals surface area contributed by atoms with Crippen LogP contribution in [0.2, 0.25) is 0 Å². The first kappa shape index (κ1) is 16.2. The lowest BCUT2D eigenvalue weighted by Crippen LogP contribution is -2.35. The Kier molecular flexibility index (Phi) is 5.51. The van der Waals surface area contributed by atoms with Gasteiger partial charge in [-0.2, -0.15) is 0 Å².